The summed E-state index contributed by atoms with van der Waals surface area (Å²) in [7, 11) is 0. The second kappa shape index (κ2) is 4.15. The van der Waals surface area contributed by atoms with E-state index in [9.17, 15) is 0 Å². The van der Waals surface area contributed by atoms with Crippen LogP contribution in [0.1, 0.15) is 12.8 Å². The molecule has 1 aliphatic heterocycles. The van der Waals surface area contributed by atoms with Crippen LogP contribution in [0.4, 0.5) is 5.69 Å². The van der Waals surface area contributed by atoms with Gasteiger partial charge in [0.1, 0.15) is 5.15 Å². The summed E-state index contributed by atoms with van der Waals surface area (Å²) in [5.41, 5.74) is 7.02. The Bertz CT molecular complexity index is 299. The molecular weight excluding hydrogens is 198 g/mol. The zero-order chi connectivity index (χ0) is 9.97. The van der Waals surface area contributed by atoms with Crippen molar-refractivity contribution in [2.45, 2.75) is 18.9 Å². The van der Waals surface area contributed by atoms with Crippen molar-refractivity contribution in [2.24, 2.45) is 5.73 Å². The number of hydrogen-bond donors (Lipinski definition) is 1. The van der Waals surface area contributed by atoms with Gasteiger partial charge in [-0.3, -0.25) is 0 Å². The standard InChI is InChI=1S/C10H14ClN3/c11-10-4-3-9(6-13-10)14-5-1-2-8(12)7-14/h3-4,6,8H,1-2,5,7,12H2/t8-/m0/s1. The van der Waals surface area contributed by atoms with Crippen LogP contribution in [0.5, 0.6) is 0 Å². The summed E-state index contributed by atoms with van der Waals surface area (Å²) in [6.45, 7) is 1.99. The Kier molecular flexibility index (Phi) is 2.89. The van der Waals surface area contributed by atoms with Gasteiger partial charge in [-0.2, -0.15) is 0 Å². The number of pyridine rings is 1. The van der Waals surface area contributed by atoms with E-state index in [1.807, 2.05) is 12.1 Å². The summed E-state index contributed by atoms with van der Waals surface area (Å²) in [6, 6.07) is 4.10. The highest BCUT2D eigenvalue weighted by Gasteiger charge is 2.16. The second-order valence-corrected chi connectivity index (χ2v) is 4.07. The Labute approximate surface area is 88.9 Å². The molecule has 2 N–H and O–H groups in total. The normalized spacial score (nSPS) is 22.4. The molecule has 0 saturated carbocycles. The largest absolute Gasteiger partial charge is 0.369 e. The molecule has 2 rings (SSSR count). The van der Waals surface area contributed by atoms with Crippen LogP contribution < -0.4 is 10.6 Å². The number of nitrogens with two attached hydrogens (primary N) is 1. The molecule has 1 aliphatic rings. The van der Waals surface area contributed by atoms with Gasteiger partial charge in [-0.25, -0.2) is 4.98 Å². The molecule has 0 bridgehead atoms. The van der Waals surface area contributed by atoms with Crippen molar-refractivity contribution in [2.75, 3.05) is 18.0 Å². The van der Waals surface area contributed by atoms with Crippen molar-refractivity contribution in [3.63, 3.8) is 0 Å². The molecule has 1 atom stereocenters. The van der Waals surface area contributed by atoms with Crippen molar-refractivity contribution in [3.05, 3.63) is 23.5 Å². The molecule has 0 amide bonds. The van der Waals surface area contributed by atoms with Crippen LogP contribution in [-0.2, 0) is 0 Å². The monoisotopic (exact) mass is 211 g/mol. The minimum atomic E-state index is 0.291. The average Bonchev–Trinajstić information content (AvgIpc) is 2.19. The predicted molar refractivity (Wildman–Crippen MR) is 58.7 cm³/mol. The molecule has 0 radical (unpaired) electrons. The summed E-state index contributed by atoms with van der Waals surface area (Å²) >= 11 is 5.72. The van der Waals surface area contributed by atoms with Crippen LogP contribution in [0.15, 0.2) is 18.3 Å². The van der Waals surface area contributed by atoms with E-state index < -0.39 is 0 Å². The Balaban J connectivity index is 2.10. The fourth-order valence-corrected chi connectivity index (χ4v) is 1.91. The number of halogens is 1. The van der Waals surface area contributed by atoms with Gasteiger partial charge in [0, 0.05) is 19.1 Å². The molecule has 3 nitrogen and oxygen atoms in total. The quantitative estimate of drug-likeness (QED) is 0.719. The van der Waals surface area contributed by atoms with Gasteiger partial charge >= 0.3 is 0 Å². The Morgan fingerprint density at radius 2 is 2.36 bits per heavy atom. The number of piperidine rings is 1. The molecule has 1 saturated heterocycles. The fraction of sp³-hybridized carbons (Fsp3) is 0.500. The van der Waals surface area contributed by atoms with Gasteiger partial charge in [-0.15, -0.1) is 0 Å². The lowest BCUT2D eigenvalue weighted by Gasteiger charge is -2.32. The minimum Gasteiger partial charge on any atom is -0.369 e. The highest BCUT2D eigenvalue weighted by Crippen LogP contribution is 2.19. The van der Waals surface area contributed by atoms with Crippen LogP contribution in [0.3, 0.4) is 0 Å². The first-order valence-electron chi connectivity index (χ1n) is 4.88. The van der Waals surface area contributed by atoms with E-state index in [1.165, 1.54) is 0 Å². The van der Waals surface area contributed by atoms with E-state index >= 15 is 0 Å². The van der Waals surface area contributed by atoms with Gasteiger partial charge < -0.3 is 10.6 Å². The highest BCUT2D eigenvalue weighted by molar-refractivity contribution is 6.29. The molecule has 2 heterocycles. The maximum atomic E-state index is 5.90. The molecule has 76 valence electrons. The van der Waals surface area contributed by atoms with Crippen LogP contribution in [0.2, 0.25) is 5.15 Å². The Hall–Kier alpha value is -0.800. The smallest absolute Gasteiger partial charge is 0.129 e. The first-order valence-corrected chi connectivity index (χ1v) is 5.25. The van der Waals surface area contributed by atoms with Gasteiger partial charge in [-0.05, 0) is 25.0 Å². The first kappa shape index (κ1) is 9.74. The number of anilines is 1. The number of hydrogen-bond acceptors (Lipinski definition) is 3. The van der Waals surface area contributed by atoms with Crippen LogP contribution in [0.25, 0.3) is 0 Å². The number of rotatable bonds is 1. The summed E-state index contributed by atoms with van der Waals surface area (Å²) in [6.07, 6.45) is 4.09. The third-order valence-corrected chi connectivity index (χ3v) is 2.76. The van der Waals surface area contributed by atoms with E-state index in [0.29, 0.717) is 11.2 Å². The first-order chi connectivity index (χ1) is 6.75. The van der Waals surface area contributed by atoms with E-state index in [4.69, 9.17) is 17.3 Å². The van der Waals surface area contributed by atoms with Crippen LogP contribution in [-0.4, -0.2) is 24.1 Å². The van der Waals surface area contributed by atoms with Gasteiger partial charge in [0.25, 0.3) is 0 Å². The van der Waals surface area contributed by atoms with Gasteiger partial charge in [-0.1, -0.05) is 11.6 Å². The van der Waals surface area contributed by atoms with E-state index in [-0.39, 0.29) is 0 Å². The topological polar surface area (TPSA) is 42.1 Å². The van der Waals surface area contributed by atoms with Crippen molar-refractivity contribution in [1.82, 2.24) is 4.98 Å². The molecule has 1 aromatic heterocycles. The number of aromatic nitrogens is 1. The van der Waals surface area contributed by atoms with Crippen molar-refractivity contribution in [1.29, 1.82) is 0 Å². The lowest BCUT2D eigenvalue weighted by Crippen LogP contribution is -2.42. The summed E-state index contributed by atoms with van der Waals surface area (Å²) < 4.78 is 0. The third-order valence-electron chi connectivity index (χ3n) is 2.53. The van der Waals surface area contributed by atoms with Crippen LogP contribution in [0, 0.1) is 0 Å². The zero-order valence-electron chi connectivity index (χ0n) is 7.99. The van der Waals surface area contributed by atoms with Gasteiger partial charge in [0.15, 0.2) is 0 Å². The van der Waals surface area contributed by atoms with E-state index in [0.717, 1.165) is 31.6 Å². The Morgan fingerprint density at radius 1 is 1.50 bits per heavy atom. The molecule has 4 heteroatoms. The SMILES string of the molecule is N[C@H]1CCCN(c2ccc(Cl)nc2)C1. The molecule has 1 fully saturated rings. The second-order valence-electron chi connectivity index (χ2n) is 3.69. The molecular formula is C10H14ClN3. The predicted octanol–water partition coefficient (Wildman–Crippen LogP) is 1.66. The number of nitrogens with zero attached hydrogens (tertiary/aromatic N) is 2. The van der Waals surface area contributed by atoms with Gasteiger partial charge in [0.05, 0.1) is 11.9 Å². The van der Waals surface area contributed by atoms with Gasteiger partial charge in [0.2, 0.25) is 0 Å². The molecule has 0 aliphatic carbocycles. The molecule has 14 heavy (non-hydrogen) atoms. The fourth-order valence-electron chi connectivity index (χ4n) is 1.80. The summed E-state index contributed by atoms with van der Waals surface area (Å²) in [4.78, 5) is 6.32. The summed E-state index contributed by atoms with van der Waals surface area (Å²) in [5.74, 6) is 0. The average molecular weight is 212 g/mol. The maximum absolute atomic E-state index is 5.90. The molecule has 0 spiro atoms. The molecule has 1 aromatic rings. The summed E-state index contributed by atoms with van der Waals surface area (Å²) in [5, 5.41) is 0.537. The lowest BCUT2D eigenvalue weighted by atomic mass is 10.1. The Morgan fingerprint density at radius 3 is 3.00 bits per heavy atom. The van der Waals surface area contributed by atoms with Crippen LogP contribution >= 0.6 is 11.6 Å². The minimum absolute atomic E-state index is 0.291. The maximum Gasteiger partial charge on any atom is 0.129 e. The third kappa shape index (κ3) is 2.16. The van der Waals surface area contributed by atoms with Crippen molar-refractivity contribution >= 4 is 17.3 Å². The van der Waals surface area contributed by atoms with E-state index in [2.05, 4.69) is 9.88 Å². The highest BCUT2D eigenvalue weighted by atomic mass is 35.5. The molecule has 0 aromatic carbocycles. The van der Waals surface area contributed by atoms with Crippen molar-refractivity contribution in [3.8, 4) is 0 Å². The lowest BCUT2D eigenvalue weighted by molar-refractivity contribution is 0.506. The van der Waals surface area contributed by atoms with E-state index in [1.54, 1.807) is 6.20 Å². The molecule has 0 unspecified atom stereocenters. The van der Waals surface area contributed by atoms with Crippen molar-refractivity contribution < 1.29 is 0 Å². The zero-order valence-corrected chi connectivity index (χ0v) is 8.74.